The van der Waals surface area contributed by atoms with Crippen LogP contribution in [0.15, 0.2) is 46.5 Å². The third-order valence-electron chi connectivity index (χ3n) is 4.81. The molecule has 0 radical (unpaired) electrons. The molecule has 2 aromatic rings. The average Bonchev–Trinajstić information content (AvgIpc) is 2.76. The van der Waals surface area contributed by atoms with Gasteiger partial charge in [0.15, 0.2) is 0 Å². The van der Waals surface area contributed by atoms with Gasteiger partial charge in [0.1, 0.15) is 0 Å². The van der Waals surface area contributed by atoms with Crippen LogP contribution >= 0.6 is 39.1 Å². The van der Waals surface area contributed by atoms with E-state index >= 15 is 0 Å². The molecule has 0 spiro atoms. The van der Waals surface area contributed by atoms with Crippen LogP contribution in [-0.4, -0.2) is 24.0 Å². The largest absolute Gasteiger partial charge is 0.397 e. The Kier molecular flexibility index (Phi) is 6.74. The second-order valence-corrected chi connectivity index (χ2v) is 8.96. The standard InChI is InChI=1S/C21H24BrCl2N3/c1-13(2)5-6-27-12-15-9-16(22)10-20(25)21(15)26-11-17(27)7-14-3-4-18(23)19(24)8-14/h3-5,8-10,17,26H,6-7,11-12,25H2,1-2H3. The molecule has 27 heavy (non-hydrogen) atoms. The van der Waals surface area contributed by atoms with Crippen molar-refractivity contribution in [2.75, 3.05) is 24.1 Å². The van der Waals surface area contributed by atoms with Crippen LogP contribution in [0.2, 0.25) is 10.0 Å². The quantitative estimate of drug-likeness (QED) is 0.418. The number of rotatable bonds is 4. The monoisotopic (exact) mass is 467 g/mol. The first-order valence-electron chi connectivity index (χ1n) is 8.96. The van der Waals surface area contributed by atoms with Gasteiger partial charge in [0.2, 0.25) is 0 Å². The Balaban J connectivity index is 1.90. The Hall–Kier alpha value is -1.20. The number of allylic oxidation sites excluding steroid dienone is 1. The molecule has 3 rings (SSSR count). The molecule has 144 valence electrons. The highest BCUT2D eigenvalue weighted by atomic mass is 79.9. The van der Waals surface area contributed by atoms with Gasteiger partial charge in [-0.05, 0) is 55.7 Å². The summed E-state index contributed by atoms with van der Waals surface area (Å²) < 4.78 is 1.01. The predicted octanol–water partition coefficient (Wildman–Crippen LogP) is 6.14. The predicted molar refractivity (Wildman–Crippen MR) is 121 cm³/mol. The third-order valence-corrected chi connectivity index (χ3v) is 6.01. The molecule has 0 aliphatic carbocycles. The topological polar surface area (TPSA) is 41.3 Å². The van der Waals surface area contributed by atoms with Crippen LogP contribution in [0.4, 0.5) is 11.4 Å². The van der Waals surface area contributed by atoms with Gasteiger partial charge in [-0.3, -0.25) is 4.90 Å². The lowest BCUT2D eigenvalue weighted by molar-refractivity contribution is 0.220. The molecule has 2 aromatic carbocycles. The number of nitrogens with one attached hydrogen (secondary N) is 1. The summed E-state index contributed by atoms with van der Waals surface area (Å²) in [5.41, 5.74) is 11.8. The van der Waals surface area contributed by atoms with Gasteiger partial charge < -0.3 is 11.1 Å². The van der Waals surface area contributed by atoms with E-state index in [0.717, 1.165) is 41.9 Å². The molecule has 3 N–H and O–H groups in total. The highest BCUT2D eigenvalue weighted by Crippen LogP contribution is 2.33. The van der Waals surface area contributed by atoms with Crippen molar-refractivity contribution in [1.29, 1.82) is 0 Å². The Bertz CT molecular complexity index is 863. The maximum atomic E-state index is 6.26. The molecule has 1 atom stereocenters. The van der Waals surface area contributed by atoms with Gasteiger partial charge in [-0.1, -0.05) is 56.8 Å². The molecule has 1 aliphatic rings. The Morgan fingerprint density at radius 3 is 2.74 bits per heavy atom. The van der Waals surface area contributed by atoms with Gasteiger partial charge in [-0.25, -0.2) is 0 Å². The number of halogens is 3. The minimum Gasteiger partial charge on any atom is -0.397 e. The van der Waals surface area contributed by atoms with E-state index in [1.54, 1.807) is 0 Å². The maximum absolute atomic E-state index is 6.26. The first-order valence-corrected chi connectivity index (χ1v) is 10.5. The van der Waals surface area contributed by atoms with E-state index in [2.05, 4.69) is 58.2 Å². The van der Waals surface area contributed by atoms with Crippen LogP contribution in [-0.2, 0) is 13.0 Å². The summed E-state index contributed by atoms with van der Waals surface area (Å²) in [7, 11) is 0. The zero-order valence-electron chi connectivity index (χ0n) is 15.5. The van der Waals surface area contributed by atoms with Crippen LogP contribution in [0.3, 0.4) is 0 Å². The van der Waals surface area contributed by atoms with Crippen molar-refractivity contribution in [3.8, 4) is 0 Å². The molecule has 0 bridgehead atoms. The SMILES string of the molecule is CC(C)=CCN1Cc2cc(Br)cc(N)c2NCC1Cc1ccc(Cl)c(Cl)c1. The first kappa shape index (κ1) is 20.5. The van der Waals surface area contributed by atoms with E-state index in [1.807, 2.05) is 18.2 Å². The highest BCUT2D eigenvalue weighted by molar-refractivity contribution is 9.10. The third kappa shape index (κ3) is 5.20. The molecule has 6 heteroatoms. The van der Waals surface area contributed by atoms with E-state index in [4.69, 9.17) is 28.9 Å². The number of benzene rings is 2. The molecule has 0 saturated heterocycles. The molecule has 0 aromatic heterocycles. The second kappa shape index (κ2) is 8.87. The van der Waals surface area contributed by atoms with E-state index in [9.17, 15) is 0 Å². The van der Waals surface area contributed by atoms with E-state index in [-0.39, 0.29) is 0 Å². The van der Waals surface area contributed by atoms with E-state index < -0.39 is 0 Å². The number of nitrogen functional groups attached to an aromatic ring is 1. The lowest BCUT2D eigenvalue weighted by atomic mass is 10.0. The number of hydrogen-bond acceptors (Lipinski definition) is 3. The van der Waals surface area contributed by atoms with Crippen LogP contribution in [0.25, 0.3) is 0 Å². The Labute approximate surface area is 179 Å². The summed E-state index contributed by atoms with van der Waals surface area (Å²) in [6.07, 6.45) is 3.16. The van der Waals surface area contributed by atoms with Crippen LogP contribution < -0.4 is 11.1 Å². The zero-order valence-corrected chi connectivity index (χ0v) is 18.6. The first-order chi connectivity index (χ1) is 12.8. The van der Waals surface area contributed by atoms with Crippen LogP contribution in [0, 0.1) is 0 Å². The summed E-state index contributed by atoms with van der Waals surface area (Å²) in [4.78, 5) is 2.49. The van der Waals surface area contributed by atoms with Gasteiger partial charge in [0, 0.05) is 30.1 Å². The van der Waals surface area contributed by atoms with Gasteiger partial charge >= 0.3 is 0 Å². The number of nitrogens with two attached hydrogens (primary N) is 1. The minimum atomic E-state index is 0.309. The summed E-state index contributed by atoms with van der Waals surface area (Å²) >= 11 is 15.9. The maximum Gasteiger partial charge on any atom is 0.0620 e. The van der Waals surface area contributed by atoms with Gasteiger partial charge in [-0.2, -0.15) is 0 Å². The van der Waals surface area contributed by atoms with E-state index in [0.29, 0.717) is 16.1 Å². The smallest absolute Gasteiger partial charge is 0.0620 e. The Morgan fingerprint density at radius 2 is 2.04 bits per heavy atom. The fraction of sp³-hybridized carbons (Fsp3) is 0.333. The van der Waals surface area contributed by atoms with Gasteiger partial charge in [-0.15, -0.1) is 0 Å². The summed E-state index contributed by atoms with van der Waals surface area (Å²) in [6.45, 7) is 6.80. The lowest BCUT2D eigenvalue weighted by Gasteiger charge is -2.29. The van der Waals surface area contributed by atoms with Gasteiger partial charge in [0.25, 0.3) is 0 Å². The minimum absolute atomic E-state index is 0.309. The van der Waals surface area contributed by atoms with Crippen molar-refractivity contribution in [3.05, 3.63) is 67.6 Å². The number of hydrogen-bond donors (Lipinski definition) is 2. The molecule has 0 amide bonds. The lowest BCUT2D eigenvalue weighted by Crippen LogP contribution is -2.39. The molecule has 0 fully saturated rings. The fourth-order valence-electron chi connectivity index (χ4n) is 3.38. The average molecular weight is 469 g/mol. The zero-order chi connectivity index (χ0) is 19.6. The Morgan fingerprint density at radius 1 is 1.26 bits per heavy atom. The number of anilines is 2. The van der Waals surface area contributed by atoms with Crippen molar-refractivity contribution < 1.29 is 0 Å². The van der Waals surface area contributed by atoms with E-state index in [1.165, 1.54) is 16.7 Å². The molecule has 1 heterocycles. The molecule has 0 saturated carbocycles. The summed E-state index contributed by atoms with van der Waals surface area (Å²) in [6, 6.07) is 10.3. The molecule has 1 aliphatic heterocycles. The molecular weight excluding hydrogens is 445 g/mol. The van der Waals surface area contributed by atoms with Crippen molar-refractivity contribution in [1.82, 2.24) is 4.90 Å². The normalized spacial score (nSPS) is 17.0. The number of fused-ring (bicyclic) bond motifs is 1. The number of nitrogens with zero attached hydrogens (tertiary/aromatic N) is 1. The van der Waals surface area contributed by atoms with Crippen LogP contribution in [0.5, 0.6) is 0 Å². The van der Waals surface area contributed by atoms with Gasteiger partial charge in [0.05, 0.1) is 21.4 Å². The van der Waals surface area contributed by atoms with Crippen molar-refractivity contribution >= 4 is 50.5 Å². The molecule has 1 unspecified atom stereocenters. The van der Waals surface area contributed by atoms with Crippen molar-refractivity contribution in [2.45, 2.75) is 32.9 Å². The molecular formula is C21H24BrCl2N3. The van der Waals surface area contributed by atoms with Crippen molar-refractivity contribution in [2.24, 2.45) is 0 Å². The van der Waals surface area contributed by atoms with Crippen molar-refractivity contribution in [3.63, 3.8) is 0 Å². The summed E-state index contributed by atoms with van der Waals surface area (Å²) in [5, 5.41) is 4.76. The van der Waals surface area contributed by atoms with Crippen LogP contribution in [0.1, 0.15) is 25.0 Å². The highest BCUT2D eigenvalue weighted by Gasteiger charge is 2.24. The molecule has 3 nitrogen and oxygen atoms in total. The second-order valence-electron chi connectivity index (χ2n) is 7.23. The fourth-order valence-corrected chi connectivity index (χ4v) is 4.22. The summed E-state index contributed by atoms with van der Waals surface area (Å²) in [5.74, 6) is 0.